The number of halogens is 2. The lowest BCUT2D eigenvalue weighted by Gasteiger charge is -2.42. The highest BCUT2D eigenvalue weighted by molar-refractivity contribution is 7.09. The van der Waals surface area contributed by atoms with Gasteiger partial charge in [0, 0.05) is 23.9 Å². The SMILES string of the molecule is Cc1nc(C2(c3ccccc3)CCN(C(=O)[C@@H](N)CCCCN)CC2)cs1.Cl.Cl. The molecule has 0 bridgehead atoms. The number of unbranched alkanes of at least 4 members (excludes halogenated alkanes) is 1. The van der Waals surface area contributed by atoms with E-state index in [1.165, 1.54) is 5.56 Å². The zero-order valence-electron chi connectivity index (χ0n) is 16.9. The summed E-state index contributed by atoms with van der Waals surface area (Å²) in [6.07, 6.45) is 4.29. The first-order valence-electron chi connectivity index (χ1n) is 9.79. The Morgan fingerprint density at radius 2 is 1.86 bits per heavy atom. The van der Waals surface area contributed by atoms with Gasteiger partial charge in [-0.25, -0.2) is 4.98 Å². The monoisotopic (exact) mass is 458 g/mol. The van der Waals surface area contributed by atoms with Crippen LogP contribution >= 0.6 is 36.2 Å². The smallest absolute Gasteiger partial charge is 0.239 e. The molecule has 4 N–H and O–H groups in total. The van der Waals surface area contributed by atoms with Crippen molar-refractivity contribution in [3.63, 3.8) is 0 Å². The van der Waals surface area contributed by atoms with Crippen molar-refractivity contribution < 1.29 is 4.79 Å². The Morgan fingerprint density at radius 3 is 2.41 bits per heavy atom. The second-order valence-electron chi connectivity index (χ2n) is 7.42. The summed E-state index contributed by atoms with van der Waals surface area (Å²) in [7, 11) is 0. The van der Waals surface area contributed by atoms with Gasteiger partial charge in [-0.05, 0) is 44.7 Å². The van der Waals surface area contributed by atoms with Gasteiger partial charge in [-0.2, -0.15) is 0 Å². The molecule has 3 rings (SSSR count). The van der Waals surface area contributed by atoms with Crippen LogP contribution in [-0.2, 0) is 10.2 Å². The van der Waals surface area contributed by atoms with Crippen LogP contribution in [-0.4, -0.2) is 41.5 Å². The largest absolute Gasteiger partial charge is 0.341 e. The molecular weight excluding hydrogens is 427 g/mol. The third kappa shape index (κ3) is 5.92. The van der Waals surface area contributed by atoms with Gasteiger partial charge in [0.2, 0.25) is 5.91 Å². The summed E-state index contributed by atoms with van der Waals surface area (Å²) in [5, 5.41) is 3.26. The third-order valence-corrected chi connectivity index (χ3v) is 6.42. The average molecular weight is 459 g/mol. The average Bonchev–Trinajstić information content (AvgIpc) is 3.15. The van der Waals surface area contributed by atoms with E-state index in [-0.39, 0.29) is 36.1 Å². The van der Waals surface area contributed by atoms with Gasteiger partial charge >= 0.3 is 0 Å². The predicted molar refractivity (Wildman–Crippen MR) is 125 cm³/mol. The van der Waals surface area contributed by atoms with Crippen LogP contribution in [0.3, 0.4) is 0 Å². The predicted octanol–water partition coefficient (Wildman–Crippen LogP) is 3.66. The molecule has 1 fully saturated rings. The molecule has 1 atom stereocenters. The summed E-state index contributed by atoms with van der Waals surface area (Å²) in [6, 6.07) is 10.2. The lowest BCUT2D eigenvalue weighted by atomic mass is 9.70. The van der Waals surface area contributed by atoms with Gasteiger partial charge in [0.1, 0.15) is 0 Å². The van der Waals surface area contributed by atoms with Crippen LogP contribution in [0.4, 0.5) is 0 Å². The van der Waals surface area contributed by atoms with Crippen LogP contribution in [0.1, 0.15) is 48.4 Å². The summed E-state index contributed by atoms with van der Waals surface area (Å²) in [6.45, 7) is 4.13. The first-order valence-corrected chi connectivity index (χ1v) is 10.7. The molecule has 29 heavy (non-hydrogen) atoms. The van der Waals surface area contributed by atoms with Gasteiger partial charge in [-0.3, -0.25) is 4.79 Å². The maximum atomic E-state index is 12.7. The van der Waals surface area contributed by atoms with Crippen LogP contribution in [0.5, 0.6) is 0 Å². The number of likely N-dealkylation sites (tertiary alicyclic amines) is 1. The molecule has 0 radical (unpaired) electrons. The van der Waals surface area contributed by atoms with Crippen molar-refractivity contribution in [1.82, 2.24) is 9.88 Å². The number of benzene rings is 1. The molecule has 162 valence electrons. The van der Waals surface area contributed by atoms with Gasteiger partial charge in [-0.1, -0.05) is 36.8 Å². The minimum absolute atomic E-state index is 0. The van der Waals surface area contributed by atoms with Crippen molar-refractivity contribution in [2.45, 2.75) is 50.5 Å². The molecule has 0 spiro atoms. The molecule has 0 aliphatic carbocycles. The standard InChI is InChI=1S/C21H30N4OS.2ClH/c1-16-24-19(15-27-16)21(17-7-3-2-4-8-17)10-13-25(14-11-21)20(26)18(23)9-5-6-12-22;;/h2-4,7-8,15,18H,5-6,9-14,22-23H2,1H3;2*1H/t18-;;/m0../s1. The van der Waals surface area contributed by atoms with E-state index in [2.05, 4.69) is 29.6 Å². The summed E-state index contributed by atoms with van der Waals surface area (Å²) >= 11 is 1.69. The van der Waals surface area contributed by atoms with Crippen LogP contribution < -0.4 is 11.5 Å². The number of carbonyl (C=O) groups excluding carboxylic acids is 1. The fraction of sp³-hybridized carbons (Fsp3) is 0.524. The maximum Gasteiger partial charge on any atom is 0.239 e. The summed E-state index contributed by atoms with van der Waals surface area (Å²) in [5.74, 6) is 0.0724. The molecule has 0 unspecified atom stereocenters. The van der Waals surface area contributed by atoms with Crippen molar-refractivity contribution in [3.8, 4) is 0 Å². The second kappa shape index (κ2) is 11.9. The molecule has 1 amide bonds. The molecule has 5 nitrogen and oxygen atoms in total. The minimum atomic E-state index is -0.415. The van der Waals surface area contributed by atoms with E-state index >= 15 is 0 Å². The molecule has 1 saturated heterocycles. The van der Waals surface area contributed by atoms with E-state index in [4.69, 9.17) is 16.5 Å². The van der Waals surface area contributed by atoms with E-state index < -0.39 is 6.04 Å². The zero-order valence-corrected chi connectivity index (χ0v) is 19.3. The number of aryl methyl sites for hydroxylation is 1. The van der Waals surface area contributed by atoms with E-state index in [9.17, 15) is 4.79 Å². The molecule has 1 aliphatic rings. The fourth-order valence-electron chi connectivity index (χ4n) is 4.01. The second-order valence-corrected chi connectivity index (χ2v) is 8.48. The number of hydrogen-bond donors (Lipinski definition) is 2. The first-order chi connectivity index (χ1) is 13.1. The summed E-state index contributed by atoms with van der Waals surface area (Å²) < 4.78 is 0. The Labute approximate surface area is 190 Å². The third-order valence-electron chi connectivity index (χ3n) is 5.65. The lowest BCUT2D eigenvalue weighted by Crippen LogP contribution is -2.50. The van der Waals surface area contributed by atoms with Crippen LogP contribution in [0.25, 0.3) is 0 Å². The zero-order chi connectivity index (χ0) is 19.3. The Kier molecular flexibility index (Phi) is 10.6. The van der Waals surface area contributed by atoms with Crippen molar-refractivity contribution in [2.75, 3.05) is 19.6 Å². The highest BCUT2D eigenvalue weighted by atomic mass is 35.5. The van der Waals surface area contributed by atoms with Gasteiger partial charge in [0.25, 0.3) is 0 Å². The van der Waals surface area contributed by atoms with Crippen molar-refractivity contribution in [1.29, 1.82) is 0 Å². The maximum absolute atomic E-state index is 12.7. The van der Waals surface area contributed by atoms with Crippen LogP contribution in [0, 0.1) is 6.92 Å². The van der Waals surface area contributed by atoms with E-state index in [0.29, 0.717) is 13.0 Å². The number of piperidine rings is 1. The molecule has 2 aromatic rings. The highest BCUT2D eigenvalue weighted by Gasteiger charge is 2.41. The lowest BCUT2D eigenvalue weighted by molar-refractivity contribution is -0.134. The van der Waals surface area contributed by atoms with Crippen LogP contribution in [0.15, 0.2) is 35.7 Å². The molecule has 2 heterocycles. The number of nitrogens with two attached hydrogens (primary N) is 2. The fourth-order valence-corrected chi connectivity index (χ4v) is 4.72. The Morgan fingerprint density at radius 1 is 1.21 bits per heavy atom. The van der Waals surface area contributed by atoms with E-state index in [0.717, 1.165) is 49.5 Å². The summed E-state index contributed by atoms with van der Waals surface area (Å²) in [4.78, 5) is 19.5. The van der Waals surface area contributed by atoms with E-state index in [1.807, 2.05) is 17.9 Å². The Bertz CT molecular complexity index is 748. The van der Waals surface area contributed by atoms with Crippen molar-refractivity contribution in [3.05, 3.63) is 52.0 Å². The van der Waals surface area contributed by atoms with Crippen molar-refractivity contribution >= 4 is 42.1 Å². The highest BCUT2D eigenvalue weighted by Crippen LogP contribution is 2.42. The molecule has 1 aromatic heterocycles. The molecular formula is C21H32Cl2N4OS. The van der Waals surface area contributed by atoms with Gasteiger partial charge < -0.3 is 16.4 Å². The molecule has 0 saturated carbocycles. The number of thiazole rings is 1. The van der Waals surface area contributed by atoms with E-state index in [1.54, 1.807) is 11.3 Å². The molecule has 1 aliphatic heterocycles. The van der Waals surface area contributed by atoms with Crippen LogP contribution in [0.2, 0.25) is 0 Å². The molecule has 1 aromatic carbocycles. The number of carbonyl (C=O) groups is 1. The topological polar surface area (TPSA) is 85.2 Å². The number of hydrogen-bond acceptors (Lipinski definition) is 5. The van der Waals surface area contributed by atoms with Gasteiger partial charge in [0.15, 0.2) is 0 Å². The number of rotatable bonds is 7. The quantitative estimate of drug-likeness (QED) is 0.619. The Balaban J connectivity index is 0.00000210. The number of aromatic nitrogens is 1. The summed E-state index contributed by atoms with van der Waals surface area (Å²) in [5.41, 5.74) is 14.0. The molecule has 8 heteroatoms. The number of amides is 1. The minimum Gasteiger partial charge on any atom is -0.341 e. The van der Waals surface area contributed by atoms with Gasteiger partial charge in [0.05, 0.1) is 16.7 Å². The van der Waals surface area contributed by atoms with Gasteiger partial charge in [-0.15, -0.1) is 36.2 Å². The number of nitrogens with zero attached hydrogens (tertiary/aromatic N) is 2. The van der Waals surface area contributed by atoms with Crippen molar-refractivity contribution in [2.24, 2.45) is 11.5 Å². The normalized spacial score (nSPS) is 16.4. The first kappa shape index (κ1) is 25.9. The Hall–Kier alpha value is -1.18.